The second kappa shape index (κ2) is 6.91. The van der Waals surface area contributed by atoms with Crippen LogP contribution in [0, 0.1) is 27.7 Å². The van der Waals surface area contributed by atoms with Gasteiger partial charge in [0, 0.05) is 5.56 Å². The molecule has 0 unspecified atom stereocenters. The predicted molar refractivity (Wildman–Crippen MR) is 91.4 cm³/mol. The zero-order valence-corrected chi connectivity index (χ0v) is 14.8. The second-order valence-electron chi connectivity index (χ2n) is 5.38. The number of carbonyl (C=O) groups is 2. The van der Waals surface area contributed by atoms with Gasteiger partial charge in [0.1, 0.15) is 4.88 Å². The lowest BCUT2D eigenvalue weighted by molar-refractivity contribution is 0.0531. The molecule has 2 rings (SSSR count). The molecule has 1 N–H and O–H groups in total. The SMILES string of the molecule is CCOC(=O)c1sc(NC(=O)c2c(C)cc(C)cc2C)nc1C. The van der Waals surface area contributed by atoms with Gasteiger partial charge in [0.15, 0.2) is 5.13 Å². The highest BCUT2D eigenvalue weighted by Crippen LogP contribution is 2.25. The number of aryl methyl sites for hydroxylation is 4. The van der Waals surface area contributed by atoms with Crippen molar-refractivity contribution in [2.24, 2.45) is 0 Å². The van der Waals surface area contributed by atoms with Crippen molar-refractivity contribution in [1.29, 1.82) is 0 Å². The van der Waals surface area contributed by atoms with Crippen molar-refractivity contribution in [2.75, 3.05) is 11.9 Å². The van der Waals surface area contributed by atoms with Crippen LogP contribution < -0.4 is 5.32 Å². The monoisotopic (exact) mass is 332 g/mol. The number of carbonyl (C=O) groups excluding carboxylic acids is 2. The number of hydrogen-bond acceptors (Lipinski definition) is 5. The number of aromatic nitrogens is 1. The number of thiazole rings is 1. The number of hydrogen-bond donors (Lipinski definition) is 1. The molecule has 5 nitrogen and oxygen atoms in total. The van der Waals surface area contributed by atoms with Crippen LogP contribution in [0.3, 0.4) is 0 Å². The van der Waals surface area contributed by atoms with E-state index < -0.39 is 5.97 Å². The summed E-state index contributed by atoms with van der Waals surface area (Å²) in [7, 11) is 0. The van der Waals surface area contributed by atoms with Gasteiger partial charge < -0.3 is 4.74 Å². The van der Waals surface area contributed by atoms with Crippen molar-refractivity contribution in [1.82, 2.24) is 4.98 Å². The van der Waals surface area contributed by atoms with Crippen LogP contribution in [0.15, 0.2) is 12.1 Å². The Morgan fingerprint density at radius 3 is 2.35 bits per heavy atom. The minimum absolute atomic E-state index is 0.218. The van der Waals surface area contributed by atoms with Gasteiger partial charge in [-0.05, 0) is 45.7 Å². The van der Waals surface area contributed by atoms with Crippen LogP contribution in [-0.4, -0.2) is 23.5 Å². The van der Waals surface area contributed by atoms with Gasteiger partial charge in [0.2, 0.25) is 0 Å². The van der Waals surface area contributed by atoms with Gasteiger partial charge in [-0.25, -0.2) is 9.78 Å². The summed E-state index contributed by atoms with van der Waals surface area (Å²) in [4.78, 5) is 29.0. The summed E-state index contributed by atoms with van der Waals surface area (Å²) in [5.41, 5.74) is 4.14. The number of benzene rings is 1. The molecule has 0 atom stereocenters. The molecule has 1 aromatic heterocycles. The van der Waals surface area contributed by atoms with E-state index in [1.807, 2.05) is 32.9 Å². The van der Waals surface area contributed by atoms with Crippen molar-refractivity contribution >= 4 is 28.3 Å². The summed E-state index contributed by atoms with van der Waals surface area (Å²) in [6, 6.07) is 3.94. The third-order valence-corrected chi connectivity index (χ3v) is 4.43. The largest absolute Gasteiger partial charge is 0.462 e. The molecule has 0 saturated heterocycles. The Kier molecular flexibility index (Phi) is 5.15. The lowest BCUT2D eigenvalue weighted by Gasteiger charge is -2.10. The Morgan fingerprint density at radius 2 is 1.78 bits per heavy atom. The maximum Gasteiger partial charge on any atom is 0.350 e. The van der Waals surface area contributed by atoms with Crippen molar-refractivity contribution in [3.63, 3.8) is 0 Å². The third-order valence-electron chi connectivity index (χ3n) is 3.38. The molecule has 1 heterocycles. The molecule has 0 radical (unpaired) electrons. The van der Waals surface area contributed by atoms with Crippen molar-refractivity contribution in [2.45, 2.75) is 34.6 Å². The Bertz CT molecular complexity index is 742. The zero-order chi connectivity index (χ0) is 17.1. The first-order chi connectivity index (χ1) is 10.8. The lowest BCUT2D eigenvalue weighted by atomic mass is 9.99. The van der Waals surface area contributed by atoms with E-state index in [0.29, 0.717) is 27.9 Å². The number of amides is 1. The van der Waals surface area contributed by atoms with Gasteiger partial charge >= 0.3 is 5.97 Å². The van der Waals surface area contributed by atoms with E-state index in [-0.39, 0.29) is 5.91 Å². The minimum atomic E-state index is -0.411. The van der Waals surface area contributed by atoms with Crippen LogP contribution in [-0.2, 0) is 4.74 Å². The van der Waals surface area contributed by atoms with Crippen LogP contribution in [0.2, 0.25) is 0 Å². The van der Waals surface area contributed by atoms with Gasteiger partial charge in [-0.1, -0.05) is 29.0 Å². The summed E-state index contributed by atoms with van der Waals surface area (Å²) in [5.74, 6) is -0.630. The van der Waals surface area contributed by atoms with E-state index >= 15 is 0 Å². The van der Waals surface area contributed by atoms with Gasteiger partial charge in [0.05, 0.1) is 12.3 Å². The molecule has 0 aliphatic carbocycles. The molecule has 1 amide bonds. The molecule has 6 heteroatoms. The van der Waals surface area contributed by atoms with Crippen LogP contribution in [0.1, 0.15) is 49.3 Å². The number of esters is 1. The van der Waals surface area contributed by atoms with E-state index in [1.165, 1.54) is 0 Å². The standard InChI is InChI=1S/C17H20N2O3S/c1-6-22-16(21)14-12(5)18-17(23-14)19-15(20)13-10(3)7-9(2)8-11(13)4/h7-8H,6H2,1-5H3,(H,18,19,20). The van der Waals surface area contributed by atoms with Gasteiger partial charge in [-0.3, -0.25) is 10.1 Å². The fraction of sp³-hybridized carbons (Fsp3) is 0.353. The summed E-state index contributed by atoms with van der Waals surface area (Å²) >= 11 is 1.13. The van der Waals surface area contributed by atoms with E-state index in [9.17, 15) is 9.59 Å². The van der Waals surface area contributed by atoms with E-state index in [0.717, 1.165) is 28.0 Å². The quantitative estimate of drug-likeness (QED) is 0.865. The molecule has 0 bridgehead atoms. The topological polar surface area (TPSA) is 68.3 Å². The van der Waals surface area contributed by atoms with E-state index in [1.54, 1.807) is 13.8 Å². The van der Waals surface area contributed by atoms with Gasteiger partial charge in [-0.15, -0.1) is 0 Å². The van der Waals surface area contributed by atoms with Crippen LogP contribution >= 0.6 is 11.3 Å². The highest BCUT2D eigenvalue weighted by atomic mass is 32.1. The Morgan fingerprint density at radius 1 is 1.17 bits per heavy atom. The lowest BCUT2D eigenvalue weighted by Crippen LogP contribution is -2.15. The minimum Gasteiger partial charge on any atom is -0.462 e. The third kappa shape index (κ3) is 3.76. The molecule has 0 saturated carbocycles. The average molecular weight is 332 g/mol. The fourth-order valence-electron chi connectivity index (χ4n) is 2.53. The number of anilines is 1. The van der Waals surface area contributed by atoms with Crippen LogP contribution in [0.25, 0.3) is 0 Å². The van der Waals surface area contributed by atoms with Gasteiger partial charge in [-0.2, -0.15) is 0 Å². The predicted octanol–water partition coefficient (Wildman–Crippen LogP) is 3.81. The summed E-state index contributed by atoms with van der Waals surface area (Å²) < 4.78 is 4.98. The summed E-state index contributed by atoms with van der Waals surface area (Å²) in [5, 5.41) is 3.18. The van der Waals surface area contributed by atoms with Crippen molar-refractivity contribution in [3.8, 4) is 0 Å². The zero-order valence-electron chi connectivity index (χ0n) is 13.9. The molecule has 0 spiro atoms. The first kappa shape index (κ1) is 17.1. The Hall–Kier alpha value is -2.21. The molecule has 23 heavy (non-hydrogen) atoms. The number of nitrogens with zero attached hydrogens (tertiary/aromatic N) is 1. The van der Waals surface area contributed by atoms with Crippen molar-refractivity contribution < 1.29 is 14.3 Å². The maximum absolute atomic E-state index is 12.5. The summed E-state index contributed by atoms with van der Waals surface area (Å²) in [6.45, 7) is 9.59. The Balaban J connectivity index is 2.25. The first-order valence-corrected chi connectivity index (χ1v) is 8.18. The fourth-order valence-corrected chi connectivity index (χ4v) is 3.39. The van der Waals surface area contributed by atoms with Crippen LogP contribution in [0.4, 0.5) is 5.13 Å². The normalized spacial score (nSPS) is 10.5. The number of ether oxygens (including phenoxy) is 1. The average Bonchev–Trinajstić information content (AvgIpc) is 2.78. The molecule has 2 aromatic rings. The highest BCUT2D eigenvalue weighted by Gasteiger charge is 2.19. The molecule has 0 aliphatic rings. The van der Waals surface area contributed by atoms with Crippen LogP contribution in [0.5, 0.6) is 0 Å². The van der Waals surface area contributed by atoms with E-state index in [2.05, 4.69) is 10.3 Å². The maximum atomic E-state index is 12.5. The highest BCUT2D eigenvalue weighted by molar-refractivity contribution is 7.17. The van der Waals surface area contributed by atoms with Crippen molar-refractivity contribution in [3.05, 3.63) is 45.0 Å². The summed E-state index contributed by atoms with van der Waals surface area (Å²) in [6.07, 6.45) is 0. The smallest absolute Gasteiger partial charge is 0.350 e. The van der Waals surface area contributed by atoms with Gasteiger partial charge in [0.25, 0.3) is 5.91 Å². The molecule has 0 aliphatic heterocycles. The Labute approximate surface area is 139 Å². The molecule has 0 fully saturated rings. The molecular formula is C17H20N2O3S. The molecular weight excluding hydrogens is 312 g/mol. The van der Waals surface area contributed by atoms with E-state index in [4.69, 9.17) is 4.74 Å². The molecule has 122 valence electrons. The first-order valence-electron chi connectivity index (χ1n) is 7.37. The molecule has 1 aromatic carbocycles. The number of rotatable bonds is 4. The second-order valence-corrected chi connectivity index (χ2v) is 6.38. The number of nitrogens with one attached hydrogen (secondary N) is 1.